The van der Waals surface area contributed by atoms with Crippen LogP contribution in [0.4, 0.5) is 0 Å². The van der Waals surface area contributed by atoms with Crippen LogP contribution in [-0.4, -0.2) is 15.7 Å². The van der Waals surface area contributed by atoms with Gasteiger partial charge in [-0.1, -0.05) is 30.3 Å². The summed E-state index contributed by atoms with van der Waals surface area (Å²) in [5, 5.41) is 4.19. The molecule has 1 heterocycles. The second kappa shape index (κ2) is 6.79. The fourth-order valence-corrected chi connectivity index (χ4v) is 2.31. The molecule has 0 aliphatic rings. The van der Waals surface area contributed by atoms with Crippen LogP contribution in [0.1, 0.15) is 11.1 Å². The van der Waals surface area contributed by atoms with Crippen molar-refractivity contribution in [2.45, 2.75) is 13.0 Å². The predicted octanol–water partition coefficient (Wildman–Crippen LogP) is 2.48. The maximum atomic E-state index is 11.1. The Morgan fingerprint density at radius 3 is 2.57 bits per heavy atom. The Labute approximate surface area is 134 Å². The van der Waals surface area contributed by atoms with E-state index in [4.69, 9.17) is 10.5 Å². The molecule has 0 unspecified atom stereocenters. The molecule has 0 aliphatic heterocycles. The summed E-state index contributed by atoms with van der Waals surface area (Å²) in [4.78, 5) is 11.1. The van der Waals surface area contributed by atoms with Crippen molar-refractivity contribution in [2.75, 3.05) is 0 Å². The first-order valence-corrected chi connectivity index (χ1v) is 7.30. The van der Waals surface area contributed by atoms with Crippen molar-refractivity contribution in [3.63, 3.8) is 0 Å². The normalized spacial score (nSPS) is 10.4. The van der Waals surface area contributed by atoms with E-state index in [9.17, 15) is 4.79 Å². The van der Waals surface area contributed by atoms with Crippen molar-refractivity contribution in [1.29, 1.82) is 0 Å². The first-order valence-electron chi connectivity index (χ1n) is 7.30. The van der Waals surface area contributed by atoms with Crippen molar-refractivity contribution in [2.24, 2.45) is 5.73 Å². The summed E-state index contributed by atoms with van der Waals surface area (Å²) in [7, 11) is 0. The number of benzene rings is 2. The fraction of sp³-hybridized carbons (Fsp3) is 0.111. The molecule has 0 bridgehead atoms. The van der Waals surface area contributed by atoms with Gasteiger partial charge in [-0.3, -0.25) is 4.79 Å². The monoisotopic (exact) mass is 307 g/mol. The molecular formula is C18H17N3O2. The summed E-state index contributed by atoms with van der Waals surface area (Å²) in [6.45, 7) is 0.426. The minimum absolute atomic E-state index is 0.175. The van der Waals surface area contributed by atoms with Crippen molar-refractivity contribution >= 4 is 5.91 Å². The first-order chi connectivity index (χ1) is 11.2. The van der Waals surface area contributed by atoms with Gasteiger partial charge in [-0.05, 0) is 29.8 Å². The minimum Gasteiger partial charge on any atom is -0.489 e. The number of carbonyl (C=O) groups is 1. The molecule has 1 amide bonds. The Hall–Kier alpha value is -3.08. The number of rotatable bonds is 6. The highest BCUT2D eigenvalue weighted by Crippen LogP contribution is 2.20. The summed E-state index contributed by atoms with van der Waals surface area (Å²) < 4.78 is 7.62. The van der Waals surface area contributed by atoms with Crippen molar-refractivity contribution in [1.82, 2.24) is 9.78 Å². The highest BCUT2D eigenvalue weighted by molar-refractivity contribution is 5.77. The number of nitrogens with two attached hydrogens (primary N) is 1. The molecule has 116 valence electrons. The lowest BCUT2D eigenvalue weighted by Crippen LogP contribution is -2.14. The molecule has 0 radical (unpaired) electrons. The minimum atomic E-state index is -0.371. The Balaban J connectivity index is 1.68. The van der Waals surface area contributed by atoms with Crippen molar-refractivity contribution < 1.29 is 9.53 Å². The first kappa shape index (κ1) is 14.8. The number of ether oxygens (including phenoxy) is 1. The largest absolute Gasteiger partial charge is 0.489 e. The van der Waals surface area contributed by atoms with Crippen LogP contribution < -0.4 is 10.5 Å². The fourth-order valence-electron chi connectivity index (χ4n) is 2.31. The number of amides is 1. The Kier molecular flexibility index (Phi) is 4.38. The average Bonchev–Trinajstić information content (AvgIpc) is 3.08. The number of hydrogen-bond donors (Lipinski definition) is 1. The highest BCUT2D eigenvalue weighted by Gasteiger charge is 2.06. The number of para-hydroxylation sites is 1. The molecule has 5 heteroatoms. The number of hydrogen-bond acceptors (Lipinski definition) is 3. The van der Waals surface area contributed by atoms with E-state index in [1.807, 2.05) is 60.8 Å². The van der Waals surface area contributed by atoms with Crippen LogP contribution in [0.5, 0.6) is 5.75 Å². The third-order valence-electron chi connectivity index (χ3n) is 3.44. The van der Waals surface area contributed by atoms with Gasteiger partial charge in [-0.15, -0.1) is 0 Å². The van der Waals surface area contributed by atoms with Gasteiger partial charge in [0.1, 0.15) is 12.4 Å². The van der Waals surface area contributed by atoms with Gasteiger partial charge in [0.05, 0.1) is 12.1 Å². The number of nitrogens with zero attached hydrogens (tertiary/aromatic N) is 2. The average molecular weight is 307 g/mol. The van der Waals surface area contributed by atoms with Crippen LogP contribution in [0, 0.1) is 0 Å². The Morgan fingerprint density at radius 2 is 1.87 bits per heavy atom. The lowest BCUT2D eigenvalue weighted by molar-refractivity contribution is -0.117. The van der Waals surface area contributed by atoms with Crippen LogP contribution in [-0.2, 0) is 17.8 Å². The molecule has 5 nitrogen and oxygen atoms in total. The summed E-state index contributed by atoms with van der Waals surface area (Å²) >= 11 is 0. The van der Waals surface area contributed by atoms with Crippen LogP contribution in [0.2, 0.25) is 0 Å². The smallest absolute Gasteiger partial charge is 0.221 e. The molecule has 0 saturated carbocycles. The molecule has 0 saturated heterocycles. The van der Waals surface area contributed by atoms with E-state index in [1.165, 1.54) is 0 Å². The molecule has 2 aromatic carbocycles. The van der Waals surface area contributed by atoms with Crippen molar-refractivity contribution in [3.05, 3.63) is 78.1 Å². The molecular weight excluding hydrogens is 290 g/mol. The Bertz CT molecular complexity index is 780. The molecule has 2 N–H and O–H groups in total. The zero-order chi connectivity index (χ0) is 16.1. The highest BCUT2D eigenvalue weighted by atomic mass is 16.5. The molecule has 0 spiro atoms. The van der Waals surface area contributed by atoms with E-state index >= 15 is 0 Å². The van der Waals surface area contributed by atoms with Gasteiger partial charge in [-0.2, -0.15) is 5.10 Å². The van der Waals surface area contributed by atoms with Gasteiger partial charge in [0, 0.05) is 18.0 Å². The maximum Gasteiger partial charge on any atom is 0.221 e. The maximum absolute atomic E-state index is 11.1. The standard InChI is InChI=1S/C18H17N3O2/c19-18(22)12-15-4-1-2-5-17(15)23-13-14-6-8-16(9-7-14)21-11-3-10-20-21/h1-11H,12-13H2,(H2,19,22). The molecule has 23 heavy (non-hydrogen) atoms. The third kappa shape index (κ3) is 3.77. The summed E-state index contributed by atoms with van der Waals surface area (Å²) in [5.41, 5.74) is 8.09. The van der Waals surface area contributed by atoms with Crippen molar-refractivity contribution in [3.8, 4) is 11.4 Å². The van der Waals surface area contributed by atoms with E-state index in [2.05, 4.69) is 5.10 Å². The van der Waals surface area contributed by atoms with E-state index < -0.39 is 0 Å². The molecule has 0 aliphatic carbocycles. The van der Waals surface area contributed by atoms with Crippen LogP contribution in [0.25, 0.3) is 5.69 Å². The molecule has 3 rings (SSSR count). The van der Waals surface area contributed by atoms with Gasteiger partial charge in [-0.25, -0.2) is 4.68 Å². The van der Waals surface area contributed by atoms with E-state index in [-0.39, 0.29) is 12.3 Å². The molecule has 1 aromatic heterocycles. The lowest BCUT2D eigenvalue weighted by Gasteiger charge is -2.11. The van der Waals surface area contributed by atoms with E-state index in [0.717, 1.165) is 16.8 Å². The Morgan fingerprint density at radius 1 is 1.09 bits per heavy atom. The zero-order valence-corrected chi connectivity index (χ0v) is 12.6. The van der Waals surface area contributed by atoms with Gasteiger partial charge in [0.25, 0.3) is 0 Å². The van der Waals surface area contributed by atoms with E-state index in [0.29, 0.717) is 12.4 Å². The second-order valence-electron chi connectivity index (χ2n) is 5.16. The SMILES string of the molecule is NC(=O)Cc1ccccc1OCc1ccc(-n2cccn2)cc1. The van der Waals surface area contributed by atoms with Gasteiger partial charge < -0.3 is 10.5 Å². The second-order valence-corrected chi connectivity index (χ2v) is 5.16. The predicted molar refractivity (Wildman–Crippen MR) is 87.2 cm³/mol. The van der Waals surface area contributed by atoms with Crippen LogP contribution >= 0.6 is 0 Å². The third-order valence-corrected chi connectivity index (χ3v) is 3.44. The quantitative estimate of drug-likeness (QED) is 0.760. The van der Waals surface area contributed by atoms with Gasteiger partial charge in [0.2, 0.25) is 5.91 Å². The molecule has 3 aromatic rings. The van der Waals surface area contributed by atoms with E-state index in [1.54, 1.807) is 10.9 Å². The zero-order valence-electron chi connectivity index (χ0n) is 12.6. The topological polar surface area (TPSA) is 70.1 Å². The number of carbonyl (C=O) groups excluding carboxylic acids is 1. The summed E-state index contributed by atoms with van der Waals surface area (Å²) in [5.74, 6) is 0.312. The van der Waals surface area contributed by atoms with Gasteiger partial charge >= 0.3 is 0 Å². The molecule has 0 atom stereocenters. The summed E-state index contributed by atoms with van der Waals surface area (Å²) in [6, 6.07) is 17.3. The number of primary amides is 1. The van der Waals surface area contributed by atoms with Crippen LogP contribution in [0.15, 0.2) is 67.0 Å². The lowest BCUT2D eigenvalue weighted by atomic mass is 10.1. The summed E-state index contributed by atoms with van der Waals surface area (Å²) in [6.07, 6.45) is 3.81. The van der Waals surface area contributed by atoms with Crippen LogP contribution in [0.3, 0.4) is 0 Å². The van der Waals surface area contributed by atoms with Gasteiger partial charge in [0.15, 0.2) is 0 Å². The molecule has 0 fully saturated rings. The number of aromatic nitrogens is 2.